The van der Waals surface area contributed by atoms with Crippen LogP contribution in [0.3, 0.4) is 0 Å². The van der Waals surface area contributed by atoms with Crippen molar-refractivity contribution >= 4 is 37.2 Å². The number of esters is 2. The molecular formula is C9H16O3S2. The fraction of sp³-hybridized carbons (Fsp3) is 0.778. The molecule has 0 saturated heterocycles. The van der Waals surface area contributed by atoms with Crippen LogP contribution in [0, 0.1) is 0 Å². The van der Waals surface area contributed by atoms with Gasteiger partial charge in [0.1, 0.15) is 0 Å². The van der Waals surface area contributed by atoms with Gasteiger partial charge in [0, 0.05) is 12.8 Å². The maximum absolute atomic E-state index is 11.0. The molecule has 0 saturated carbocycles. The van der Waals surface area contributed by atoms with Gasteiger partial charge in [-0.25, -0.2) is 0 Å². The first-order chi connectivity index (χ1) is 6.70. The van der Waals surface area contributed by atoms with E-state index in [0.717, 1.165) is 18.6 Å². The Kier molecular flexibility index (Phi) is 9.29. The Morgan fingerprint density at radius 1 is 0.857 bits per heavy atom. The second kappa shape index (κ2) is 9.40. The molecule has 0 aliphatic rings. The lowest BCUT2D eigenvalue weighted by Gasteiger charge is -2.01. The van der Waals surface area contributed by atoms with Gasteiger partial charge in [-0.05, 0) is 30.8 Å². The molecule has 0 N–H and O–H groups in total. The largest absolute Gasteiger partial charge is 0.393 e. The highest BCUT2D eigenvalue weighted by Crippen LogP contribution is 2.01. The molecule has 0 fully saturated rings. The number of unbranched alkanes of at least 4 members (excludes halogenated alkanes) is 1. The SMILES string of the molecule is O=C(CCCS)OC(=O)CCCCS. The predicted octanol–water partition coefficient (Wildman–Crippen LogP) is 1.87. The Morgan fingerprint density at radius 3 is 1.86 bits per heavy atom. The molecule has 0 aromatic heterocycles. The Bertz CT molecular complexity index is 183. The molecule has 14 heavy (non-hydrogen) atoms. The topological polar surface area (TPSA) is 43.4 Å². The average molecular weight is 236 g/mol. The van der Waals surface area contributed by atoms with Gasteiger partial charge in [-0.3, -0.25) is 9.59 Å². The molecule has 0 radical (unpaired) electrons. The van der Waals surface area contributed by atoms with Crippen LogP contribution in [0.5, 0.6) is 0 Å². The first-order valence-electron chi connectivity index (χ1n) is 4.66. The summed E-state index contributed by atoms with van der Waals surface area (Å²) in [7, 11) is 0. The predicted molar refractivity (Wildman–Crippen MR) is 61.9 cm³/mol. The molecule has 0 aliphatic carbocycles. The van der Waals surface area contributed by atoms with Gasteiger partial charge in [-0.2, -0.15) is 25.3 Å². The second-order valence-corrected chi connectivity index (χ2v) is 3.75. The van der Waals surface area contributed by atoms with Crippen LogP contribution < -0.4 is 0 Å². The molecule has 5 heteroatoms. The number of carbonyl (C=O) groups is 2. The van der Waals surface area contributed by atoms with Crippen molar-refractivity contribution in [2.24, 2.45) is 0 Å². The number of rotatable bonds is 7. The average Bonchev–Trinajstić information content (AvgIpc) is 2.15. The molecule has 3 nitrogen and oxygen atoms in total. The number of thiol groups is 2. The van der Waals surface area contributed by atoms with Gasteiger partial charge in [-0.15, -0.1) is 0 Å². The van der Waals surface area contributed by atoms with Crippen LogP contribution in [0.1, 0.15) is 32.1 Å². The van der Waals surface area contributed by atoms with Crippen molar-refractivity contribution in [3.05, 3.63) is 0 Å². The van der Waals surface area contributed by atoms with E-state index in [1.165, 1.54) is 0 Å². The zero-order valence-corrected chi connectivity index (χ0v) is 9.86. The molecule has 0 spiro atoms. The molecule has 0 aromatic carbocycles. The van der Waals surface area contributed by atoms with E-state index < -0.39 is 11.9 Å². The highest BCUT2D eigenvalue weighted by Gasteiger charge is 2.08. The summed E-state index contributed by atoms with van der Waals surface area (Å²) in [6, 6.07) is 0. The quantitative estimate of drug-likeness (QED) is 0.307. The smallest absolute Gasteiger partial charge is 0.313 e. The second-order valence-electron chi connectivity index (χ2n) is 2.85. The minimum absolute atomic E-state index is 0.266. The lowest BCUT2D eigenvalue weighted by molar-refractivity contribution is -0.159. The van der Waals surface area contributed by atoms with E-state index >= 15 is 0 Å². The summed E-state index contributed by atoms with van der Waals surface area (Å²) in [6.07, 6.45) is 2.80. The van der Waals surface area contributed by atoms with Gasteiger partial charge >= 0.3 is 11.9 Å². The summed E-state index contributed by atoms with van der Waals surface area (Å²) >= 11 is 7.97. The highest BCUT2D eigenvalue weighted by molar-refractivity contribution is 7.80. The van der Waals surface area contributed by atoms with Crippen LogP contribution in [0.15, 0.2) is 0 Å². The van der Waals surface area contributed by atoms with Crippen LogP contribution in [0.4, 0.5) is 0 Å². The molecule has 0 bridgehead atoms. The maximum atomic E-state index is 11.0. The summed E-state index contributed by atoms with van der Waals surface area (Å²) in [5.74, 6) is 0.495. The summed E-state index contributed by atoms with van der Waals surface area (Å²) in [6.45, 7) is 0. The van der Waals surface area contributed by atoms with Gasteiger partial charge in [0.05, 0.1) is 0 Å². The molecule has 0 atom stereocenters. The van der Waals surface area contributed by atoms with Crippen LogP contribution in [0.2, 0.25) is 0 Å². The van der Waals surface area contributed by atoms with E-state index in [1.807, 2.05) is 0 Å². The van der Waals surface area contributed by atoms with Gasteiger partial charge in [0.25, 0.3) is 0 Å². The minimum atomic E-state index is -0.449. The standard InChI is InChI=1S/C9H16O3S2/c10-8(4-1-2-6-13)12-9(11)5-3-7-14/h13-14H,1-7H2. The number of ether oxygens (including phenoxy) is 1. The number of hydrogen-bond acceptors (Lipinski definition) is 5. The summed E-state index contributed by atoms with van der Waals surface area (Å²) in [5, 5.41) is 0. The third-order valence-corrected chi connectivity index (χ3v) is 2.19. The van der Waals surface area contributed by atoms with E-state index in [2.05, 4.69) is 30.0 Å². The van der Waals surface area contributed by atoms with Crippen molar-refractivity contribution in [1.82, 2.24) is 0 Å². The van der Waals surface area contributed by atoms with Crippen LogP contribution in [-0.2, 0) is 14.3 Å². The normalized spacial score (nSPS) is 9.86. The summed E-state index contributed by atoms with van der Waals surface area (Å²) in [5.41, 5.74) is 0. The lowest BCUT2D eigenvalue weighted by Crippen LogP contribution is -2.12. The molecular weight excluding hydrogens is 220 g/mol. The molecule has 0 unspecified atom stereocenters. The monoisotopic (exact) mass is 236 g/mol. The van der Waals surface area contributed by atoms with E-state index in [-0.39, 0.29) is 6.42 Å². The van der Waals surface area contributed by atoms with Crippen molar-refractivity contribution in [3.8, 4) is 0 Å². The summed E-state index contributed by atoms with van der Waals surface area (Å²) in [4.78, 5) is 22.0. The number of hydrogen-bond donors (Lipinski definition) is 2. The Balaban J connectivity index is 3.45. The molecule has 0 amide bonds. The van der Waals surface area contributed by atoms with Crippen molar-refractivity contribution in [1.29, 1.82) is 0 Å². The van der Waals surface area contributed by atoms with Crippen LogP contribution in [0.25, 0.3) is 0 Å². The van der Waals surface area contributed by atoms with Crippen molar-refractivity contribution in [3.63, 3.8) is 0 Å². The van der Waals surface area contributed by atoms with E-state index in [0.29, 0.717) is 18.6 Å². The van der Waals surface area contributed by atoms with Gasteiger partial charge in [-0.1, -0.05) is 0 Å². The Morgan fingerprint density at radius 2 is 1.36 bits per heavy atom. The molecule has 0 heterocycles. The third kappa shape index (κ3) is 8.44. The first kappa shape index (κ1) is 13.8. The fourth-order valence-electron chi connectivity index (χ4n) is 0.834. The summed E-state index contributed by atoms with van der Waals surface area (Å²) < 4.78 is 4.56. The zero-order chi connectivity index (χ0) is 10.8. The molecule has 0 aliphatic heterocycles. The first-order valence-corrected chi connectivity index (χ1v) is 5.92. The van der Waals surface area contributed by atoms with E-state index in [9.17, 15) is 9.59 Å². The van der Waals surface area contributed by atoms with E-state index in [1.54, 1.807) is 0 Å². The van der Waals surface area contributed by atoms with Crippen LogP contribution >= 0.6 is 25.3 Å². The molecule has 82 valence electrons. The maximum Gasteiger partial charge on any atom is 0.313 e. The van der Waals surface area contributed by atoms with E-state index in [4.69, 9.17) is 0 Å². The highest BCUT2D eigenvalue weighted by atomic mass is 32.1. The van der Waals surface area contributed by atoms with Crippen molar-refractivity contribution in [2.45, 2.75) is 32.1 Å². The Labute approximate surface area is 95.4 Å². The molecule has 0 aromatic rings. The van der Waals surface area contributed by atoms with Gasteiger partial charge in [0.15, 0.2) is 0 Å². The van der Waals surface area contributed by atoms with Crippen molar-refractivity contribution < 1.29 is 14.3 Å². The fourth-order valence-corrected chi connectivity index (χ4v) is 1.22. The van der Waals surface area contributed by atoms with Crippen LogP contribution in [-0.4, -0.2) is 23.4 Å². The number of carbonyl (C=O) groups excluding carboxylic acids is 2. The third-order valence-electron chi connectivity index (χ3n) is 1.56. The van der Waals surface area contributed by atoms with Crippen molar-refractivity contribution in [2.75, 3.05) is 11.5 Å². The zero-order valence-electron chi connectivity index (χ0n) is 8.07. The minimum Gasteiger partial charge on any atom is -0.393 e. The molecule has 0 rings (SSSR count). The van der Waals surface area contributed by atoms with Gasteiger partial charge < -0.3 is 4.74 Å². The Hall–Kier alpha value is -0.160. The lowest BCUT2D eigenvalue weighted by atomic mass is 10.2. The van der Waals surface area contributed by atoms with Gasteiger partial charge in [0.2, 0.25) is 0 Å².